The minimum atomic E-state index is -0.0827. The first-order chi connectivity index (χ1) is 12.9. The molecule has 0 fully saturated rings. The highest BCUT2D eigenvalue weighted by Crippen LogP contribution is 2.37. The SMILES string of the molecule is CCOc1c(Cl)cc(C(=O)N2CCc3c(nc(C(C)C)n3C)C2)cc1OC. The van der Waals surface area contributed by atoms with Crippen molar-refractivity contribution in [1.29, 1.82) is 0 Å². The first kappa shape index (κ1) is 19.5. The zero-order valence-corrected chi connectivity index (χ0v) is 17.3. The summed E-state index contributed by atoms with van der Waals surface area (Å²) < 4.78 is 13.1. The molecule has 0 saturated heterocycles. The summed E-state index contributed by atoms with van der Waals surface area (Å²) in [5, 5.41) is 0.372. The highest BCUT2D eigenvalue weighted by atomic mass is 35.5. The minimum Gasteiger partial charge on any atom is -0.493 e. The maximum Gasteiger partial charge on any atom is 0.254 e. The van der Waals surface area contributed by atoms with Gasteiger partial charge in [0.15, 0.2) is 11.5 Å². The van der Waals surface area contributed by atoms with Gasteiger partial charge in [-0.2, -0.15) is 0 Å². The van der Waals surface area contributed by atoms with E-state index in [2.05, 4.69) is 25.5 Å². The zero-order chi connectivity index (χ0) is 19.7. The monoisotopic (exact) mass is 391 g/mol. The molecule has 1 aromatic carbocycles. The Morgan fingerprint density at radius 1 is 1.37 bits per heavy atom. The summed E-state index contributed by atoms with van der Waals surface area (Å²) in [4.78, 5) is 19.6. The van der Waals surface area contributed by atoms with Crippen LogP contribution in [-0.4, -0.2) is 40.6 Å². The molecule has 0 aliphatic carbocycles. The van der Waals surface area contributed by atoms with Crippen molar-refractivity contribution in [3.05, 3.63) is 39.9 Å². The fourth-order valence-electron chi connectivity index (χ4n) is 3.55. The second-order valence-corrected chi connectivity index (χ2v) is 7.38. The third-order valence-corrected chi connectivity index (χ3v) is 5.14. The molecule has 2 heterocycles. The van der Waals surface area contributed by atoms with E-state index < -0.39 is 0 Å². The summed E-state index contributed by atoms with van der Waals surface area (Å²) in [5.41, 5.74) is 2.68. The number of imidazole rings is 1. The predicted molar refractivity (Wildman–Crippen MR) is 105 cm³/mol. The largest absolute Gasteiger partial charge is 0.493 e. The van der Waals surface area contributed by atoms with Crippen molar-refractivity contribution in [3.63, 3.8) is 0 Å². The normalized spacial score (nSPS) is 13.7. The van der Waals surface area contributed by atoms with Gasteiger partial charge in [0.25, 0.3) is 5.91 Å². The number of hydrogen-bond donors (Lipinski definition) is 0. The Labute approximate surface area is 165 Å². The first-order valence-corrected chi connectivity index (χ1v) is 9.59. The molecule has 146 valence electrons. The van der Waals surface area contributed by atoms with Crippen LogP contribution in [0, 0.1) is 0 Å². The Kier molecular flexibility index (Phi) is 5.65. The Hall–Kier alpha value is -2.21. The number of methoxy groups -OCH3 is 1. The summed E-state index contributed by atoms with van der Waals surface area (Å²) in [6.07, 6.45) is 0.791. The number of hydrogen-bond acceptors (Lipinski definition) is 4. The second-order valence-electron chi connectivity index (χ2n) is 6.98. The average Bonchev–Trinajstić information content (AvgIpc) is 2.99. The van der Waals surface area contributed by atoms with E-state index in [1.165, 1.54) is 12.8 Å². The van der Waals surface area contributed by atoms with Gasteiger partial charge in [0.05, 0.1) is 31.0 Å². The van der Waals surface area contributed by atoms with Gasteiger partial charge in [0, 0.05) is 37.2 Å². The molecule has 0 saturated carbocycles. The lowest BCUT2D eigenvalue weighted by Crippen LogP contribution is -2.36. The Balaban J connectivity index is 1.87. The number of fused-ring (bicyclic) bond motifs is 1. The fourth-order valence-corrected chi connectivity index (χ4v) is 3.81. The highest BCUT2D eigenvalue weighted by Gasteiger charge is 2.28. The van der Waals surface area contributed by atoms with E-state index in [9.17, 15) is 4.79 Å². The van der Waals surface area contributed by atoms with E-state index in [4.69, 9.17) is 26.1 Å². The quantitative estimate of drug-likeness (QED) is 0.777. The van der Waals surface area contributed by atoms with Crippen LogP contribution in [0.25, 0.3) is 0 Å². The van der Waals surface area contributed by atoms with Crippen LogP contribution in [-0.2, 0) is 20.0 Å². The molecule has 7 heteroatoms. The molecule has 0 bridgehead atoms. The number of carbonyl (C=O) groups excluding carboxylic acids is 1. The lowest BCUT2D eigenvalue weighted by molar-refractivity contribution is 0.0730. The van der Waals surface area contributed by atoms with Gasteiger partial charge in [-0.15, -0.1) is 0 Å². The van der Waals surface area contributed by atoms with Crippen LogP contribution < -0.4 is 9.47 Å². The molecule has 2 aromatic rings. The first-order valence-electron chi connectivity index (χ1n) is 9.21. The molecule has 27 heavy (non-hydrogen) atoms. The van der Waals surface area contributed by atoms with Crippen LogP contribution in [0.3, 0.4) is 0 Å². The van der Waals surface area contributed by atoms with Gasteiger partial charge < -0.3 is 18.9 Å². The summed E-state index contributed by atoms with van der Waals surface area (Å²) in [7, 11) is 3.59. The number of amides is 1. The molecule has 0 N–H and O–H groups in total. The van der Waals surface area contributed by atoms with E-state index in [-0.39, 0.29) is 5.91 Å². The summed E-state index contributed by atoms with van der Waals surface area (Å²) in [5.74, 6) is 2.25. The zero-order valence-electron chi connectivity index (χ0n) is 16.5. The van der Waals surface area contributed by atoms with Crippen molar-refractivity contribution in [2.24, 2.45) is 7.05 Å². The second kappa shape index (κ2) is 7.80. The smallest absolute Gasteiger partial charge is 0.254 e. The molecule has 0 radical (unpaired) electrons. The molecular formula is C20H26ClN3O3. The summed E-state index contributed by atoms with van der Waals surface area (Å²) in [6.45, 7) is 7.75. The standard InChI is InChI=1S/C20H26ClN3O3/c1-6-27-18-14(21)9-13(10-17(18)26-5)20(25)24-8-7-16-15(11-24)22-19(12(2)3)23(16)4/h9-10,12H,6-8,11H2,1-5H3. The van der Waals surface area contributed by atoms with Crippen molar-refractivity contribution in [2.75, 3.05) is 20.3 Å². The number of halogens is 1. The van der Waals surface area contributed by atoms with Crippen LogP contribution in [0.4, 0.5) is 0 Å². The van der Waals surface area contributed by atoms with Crippen LogP contribution in [0.2, 0.25) is 5.02 Å². The number of benzene rings is 1. The number of ether oxygens (including phenoxy) is 2. The summed E-state index contributed by atoms with van der Waals surface area (Å²) in [6, 6.07) is 3.33. The van der Waals surface area contributed by atoms with Crippen LogP contribution in [0.5, 0.6) is 11.5 Å². The number of rotatable bonds is 5. The lowest BCUT2D eigenvalue weighted by Gasteiger charge is -2.27. The molecule has 0 unspecified atom stereocenters. The molecule has 1 amide bonds. The predicted octanol–water partition coefficient (Wildman–Crippen LogP) is 3.80. The number of aromatic nitrogens is 2. The maximum absolute atomic E-state index is 13.1. The Morgan fingerprint density at radius 3 is 2.74 bits per heavy atom. The topological polar surface area (TPSA) is 56.6 Å². The van der Waals surface area contributed by atoms with Crippen molar-refractivity contribution >= 4 is 17.5 Å². The molecule has 1 aliphatic rings. The third kappa shape index (κ3) is 3.63. The highest BCUT2D eigenvalue weighted by molar-refractivity contribution is 6.32. The van der Waals surface area contributed by atoms with Crippen molar-refractivity contribution in [2.45, 2.75) is 39.7 Å². The van der Waals surface area contributed by atoms with Gasteiger partial charge in [-0.05, 0) is 19.1 Å². The Bertz CT molecular complexity index is 861. The van der Waals surface area contributed by atoms with Crippen molar-refractivity contribution < 1.29 is 14.3 Å². The fraction of sp³-hybridized carbons (Fsp3) is 0.500. The van der Waals surface area contributed by atoms with Gasteiger partial charge in [-0.25, -0.2) is 4.98 Å². The molecule has 1 aliphatic heterocycles. The van der Waals surface area contributed by atoms with Gasteiger partial charge >= 0.3 is 0 Å². The van der Waals surface area contributed by atoms with Crippen molar-refractivity contribution in [1.82, 2.24) is 14.5 Å². The van der Waals surface area contributed by atoms with Gasteiger partial charge in [-0.3, -0.25) is 4.79 Å². The summed E-state index contributed by atoms with van der Waals surface area (Å²) >= 11 is 6.32. The van der Waals surface area contributed by atoms with Crippen LogP contribution in [0.1, 0.15) is 54.3 Å². The molecule has 0 atom stereocenters. The lowest BCUT2D eigenvalue weighted by atomic mass is 10.1. The minimum absolute atomic E-state index is 0.0827. The molecular weight excluding hydrogens is 366 g/mol. The molecule has 0 spiro atoms. The third-order valence-electron chi connectivity index (χ3n) is 4.86. The van der Waals surface area contributed by atoms with Gasteiger partial charge in [-0.1, -0.05) is 25.4 Å². The van der Waals surface area contributed by atoms with E-state index in [1.54, 1.807) is 12.1 Å². The van der Waals surface area contributed by atoms with Crippen LogP contribution in [0.15, 0.2) is 12.1 Å². The van der Waals surface area contributed by atoms with Gasteiger partial charge in [0.2, 0.25) is 0 Å². The van der Waals surface area contributed by atoms with E-state index in [0.29, 0.717) is 47.7 Å². The van der Waals surface area contributed by atoms with E-state index in [0.717, 1.165) is 17.9 Å². The van der Waals surface area contributed by atoms with Gasteiger partial charge in [0.1, 0.15) is 5.82 Å². The molecule has 3 rings (SSSR count). The average molecular weight is 392 g/mol. The number of nitrogens with zero attached hydrogens (tertiary/aromatic N) is 3. The van der Waals surface area contributed by atoms with Crippen molar-refractivity contribution in [3.8, 4) is 11.5 Å². The Morgan fingerprint density at radius 2 is 2.11 bits per heavy atom. The van der Waals surface area contributed by atoms with E-state index in [1.807, 2.05) is 11.8 Å². The van der Waals surface area contributed by atoms with Crippen LogP contribution >= 0.6 is 11.6 Å². The molecule has 6 nitrogen and oxygen atoms in total. The maximum atomic E-state index is 13.1. The number of carbonyl (C=O) groups is 1. The van der Waals surface area contributed by atoms with E-state index >= 15 is 0 Å². The molecule has 1 aromatic heterocycles.